The van der Waals surface area contributed by atoms with Gasteiger partial charge in [-0.2, -0.15) is 8.42 Å². The fraction of sp³-hybridized carbons (Fsp3) is 0.387. The van der Waals surface area contributed by atoms with Crippen molar-refractivity contribution >= 4 is 27.6 Å². The molecule has 0 aliphatic rings. The van der Waals surface area contributed by atoms with Gasteiger partial charge in [-0.1, -0.05) is 63.2 Å². The van der Waals surface area contributed by atoms with E-state index in [1.165, 1.54) is 12.1 Å². The predicted molar refractivity (Wildman–Crippen MR) is 162 cm³/mol. The summed E-state index contributed by atoms with van der Waals surface area (Å²) in [5, 5.41) is -0.212. The van der Waals surface area contributed by atoms with Crippen LogP contribution in [0.2, 0.25) is 0 Å². The van der Waals surface area contributed by atoms with Crippen molar-refractivity contribution in [2.24, 2.45) is 0 Å². The average Bonchev–Trinajstić information content (AvgIpc) is 2.95. The molecule has 0 N–H and O–H groups in total. The number of benzene rings is 1. The average molecular weight is 564 g/mol. The smallest absolute Gasteiger partial charge is 0.284 e. The Balaban J connectivity index is 2.06. The van der Waals surface area contributed by atoms with Gasteiger partial charge < -0.3 is 9.80 Å². The first kappa shape index (κ1) is 30.8. The van der Waals surface area contributed by atoms with Gasteiger partial charge in [-0.15, -0.1) is 6.58 Å². The molecule has 8 nitrogen and oxygen atoms in total. The summed E-state index contributed by atoms with van der Waals surface area (Å²) >= 11 is 0. The molecule has 0 saturated heterocycles. The van der Waals surface area contributed by atoms with E-state index < -0.39 is 15.9 Å². The van der Waals surface area contributed by atoms with Gasteiger partial charge in [0, 0.05) is 31.2 Å². The number of sulfonamides is 1. The van der Waals surface area contributed by atoms with E-state index in [2.05, 4.69) is 11.6 Å². The third-order valence-electron chi connectivity index (χ3n) is 6.95. The number of rotatable bonds is 11. The molecule has 3 rings (SSSR count). The highest BCUT2D eigenvalue weighted by Gasteiger charge is 2.34. The summed E-state index contributed by atoms with van der Waals surface area (Å²) in [5.41, 5.74) is 1.85. The molecule has 1 atom stereocenters. The maximum atomic E-state index is 14.0. The SMILES string of the molecule is C=CCN(C(=O)c1ccc(C(C)(C)C)nc1N(CC)CC)S(=O)(=O)c1cccc(N(C)C(C)c2ccccc2)n1. The summed E-state index contributed by atoms with van der Waals surface area (Å²) in [4.78, 5) is 27.2. The molecular formula is C31H41N5O3S. The lowest BCUT2D eigenvalue weighted by molar-refractivity contribution is 0.0871. The number of hydrogen-bond donors (Lipinski definition) is 0. The van der Waals surface area contributed by atoms with E-state index in [0.29, 0.717) is 24.7 Å². The summed E-state index contributed by atoms with van der Waals surface area (Å²) in [7, 11) is -2.46. The number of nitrogens with zero attached hydrogens (tertiary/aromatic N) is 5. The Labute approximate surface area is 239 Å². The highest BCUT2D eigenvalue weighted by molar-refractivity contribution is 7.89. The van der Waals surface area contributed by atoms with Crippen LogP contribution in [0, 0.1) is 0 Å². The highest BCUT2D eigenvalue weighted by atomic mass is 32.2. The molecule has 0 saturated carbocycles. The first-order valence-electron chi connectivity index (χ1n) is 13.6. The Kier molecular flexibility index (Phi) is 9.73. The zero-order valence-electron chi connectivity index (χ0n) is 24.6. The zero-order chi connectivity index (χ0) is 29.7. The van der Waals surface area contributed by atoms with E-state index in [4.69, 9.17) is 4.98 Å². The van der Waals surface area contributed by atoms with Gasteiger partial charge in [0.2, 0.25) is 0 Å². The standard InChI is InChI=1S/C31H41N5O3S/c1-9-22-36(30(37)25-20-21-26(31(5,6)7)32-29(25)35(10-2)11-3)40(38,39)28-19-15-18-27(33-28)34(8)23(4)24-16-13-12-14-17-24/h9,12-21,23H,1,10-11,22H2,2-8H3. The van der Waals surface area contributed by atoms with E-state index in [-0.39, 0.29) is 28.6 Å². The molecule has 9 heteroatoms. The van der Waals surface area contributed by atoms with Crippen molar-refractivity contribution in [1.29, 1.82) is 0 Å². The normalized spacial score (nSPS) is 12.5. The molecule has 0 radical (unpaired) electrons. The Bertz CT molecular complexity index is 1430. The van der Waals surface area contributed by atoms with Crippen molar-refractivity contribution in [2.75, 3.05) is 36.5 Å². The second-order valence-electron chi connectivity index (χ2n) is 10.7. The van der Waals surface area contributed by atoms with Crippen LogP contribution in [-0.2, 0) is 15.4 Å². The van der Waals surface area contributed by atoms with Crippen molar-refractivity contribution in [3.05, 3.63) is 90.1 Å². The summed E-state index contributed by atoms with van der Waals surface area (Å²) in [6.45, 7) is 16.8. The van der Waals surface area contributed by atoms with Gasteiger partial charge >= 0.3 is 0 Å². The van der Waals surface area contributed by atoms with Crippen LogP contribution in [0.5, 0.6) is 0 Å². The Hall–Kier alpha value is -3.72. The maximum Gasteiger partial charge on any atom is 0.284 e. The third kappa shape index (κ3) is 6.53. The van der Waals surface area contributed by atoms with Crippen LogP contribution in [0.15, 0.2) is 78.3 Å². The largest absolute Gasteiger partial charge is 0.357 e. The van der Waals surface area contributed by atoms with Gasteiger partial charge in [-0.3, -0.25) is 4.79 Å². The first-order valence-corrected chi connectivity index (χ1v) is 15.0. The second kappa shape index (κ2) is 12.6. The van der Waals surface area contributed by atoms with Crippen LogP contribution in [-0.4, -0.2) is 55.3 Å². The van der Waals surface area contributed by atoms with Gasteiger partial charge in [-0.05, 0) is 50.6 Å². The summed E-state index contributed by atoms with van der Waals surface area (Å²) < 4.78 is 28.7. The number of carbonyl (C=O) groups excluding carboxylic acids is 1. The minimum absolute atomic E-state index is 0.0541. The van der Waals surface area contributed by atoms with Crippen molar-refractivity contribution < 1.29 is 13.2 Å². The van der Waals surface area contributed by atoms with Crippen LogP contribution in [0.3, 0.4) is 0 Å². The van der Waals surface area contributed by atoms with Crippen molar-refractivity contribution in [2.45, 2.75) is 58.0 Å². The lowest BCUT2D eigenvalue weighted by Crippen LogP contribution is -2.39. The molecule has 2 heterocycles. The van der Waals surface area contributed by atoms with E-state index in [1.54, 1.807) is 24.3 Å². The summed E-state index contributed by atoms with van der Waals surface area (Å²) in [5.74, 6) is 0.265. The van der Waals surface area contributed by atoms with E-state index in [9.17, 15) is 13.2 Å². The first-order chi connectivity index (χ1) is 18.9. The lowest BCUT2D eigenvalue weighted by Gasteiger charge is -2.29. The highest BCUT2D eigenvalue weighted by Crippen LogP contribution is 2.29. The molecule has 0 fully saturated rings. The Morgan fingerprint density at radius 1 is 0.975 bits per heavy atom. The molecule has 214 valence electrons. The summed E-state index contributed by atoms with van der Waals surface area (Å²) in [6.07, 6.45) is 1.40. The number of amides is 1. The molecule has 2 aromatic heterocycles. The minimum Gasteiger partial charge on any atom is -0.357 e. The fourth-order valence-electron chi connectivity index (χ4n) is 4.35. The molecule has 0 spiro atoms. The number of hydrogen-bond acceptors (Lipinski definition) is 7. The third-order valence-corrected chi connectivity index (χ3v) is 8.60. The topological polar surface area (TPSA) is 86.7 Å². The van der Waals surface area contributed by atoms with Crippen LogP contribution in [0.25, 0.3) is 0 Å². The maximum absolute atomic E-state index is 14.0. The quantitative estimate of drug-likeness (QED) is 0.271. The lowest BCUT2D eigenvalue weighted by atomic mass is 9.91. The van der Waals surface area contributed by atoms with Crippen molar-refractivity contribution in [3.8, 4) is 0 Å². The molecule has 1 unspecified atom stereocenters. The molecule has 0 bridgehead atoms. The Morgan fingerprint density at radius 2 is 1.62 bits per heavy atom. The monoisotopic (exact) mass is 563 g/mol. The van der Waals surface area contributed by atoms with E-state index in [1.807, 2.05) is 88.7 Å². The van der Waals surface area contributed by atoms with Crippen LogP contribution >= 0.6 is 0 Å². The van der Waals surface area contributed by atoms with Crippen molar-refractivity contribution in [3.63, 3.8) is 0 Å². The van der Waals surface area contributed by atoms with E-state index in [0.717, 1.165) is 15.6 Å². The van der Waals surface area contributed by atoms with Crippen LogP contribution in [0.4, 0.5) is 11.6 Å². The van der Waals surface area contributed by atoms with Gasteiger partial charge in [0.25, 0.3) is 15.9 Å². The molecule has 0 aliphatic heterocycles. The molecule has 0 aliphatic carbocycles. The minimum atomic E-state index is -4.32. The van der Waals surface area contributed by atoms with E-state index >= 15 is 0 Å². The second-order valence-corrected chi connectivity index (χ2v) is 12.5. The Morgan fingerprint density at radius 3 is 2.20 bits per heavy atom. The van der Waals surface area contributed by atoms with Crippen LogP contribution in [0.1, 0.15) is 69.2 Å². The summed E-state index contributed by atoms with van der Waals surface area (Å²) in [6, 6.07) is 18.1. The molecule has 1 aromatic carbocycles. The fourth-order valence-corrected chi connectivity index (χ4v) is 5.65. The molecule has 40 heavy (non-hydrogen) atoms. The van der Waals surface area contributed by atoms with Crippen molar-refractivity contribution in [1.82, 2.24) is 14.3 Å². The molecule has 3 aromatic rings. The van der Waals surface area contributed by atoms with Gasteiger partial charge in [0.1, 0.15) is 11.6 Å². The number of aromatic nitrogens is 2. The van der Waals surface area contributed by atoms with Gasteiger partial charge in [0.05, 0.1) is 18.2 Å². The van der Waals surface area contributed by atoms with Crippen LogP contribution < -0.4 is 9.80 Å². The number of pyridine rings is 2. The molecule has 1 amide bonds. The zero-order valence-corrected chi connectivity index (χ0v) is 25.4. The predicted octanol–water partition coefficient (Wildman–Crippen LogP) is 5.83. The number of anilines is 2. The van der Waals surface area contributed by atoms with Gasteiger partial charge in [-0.25, -0.2) is 14.3 Å². The van der Waals surface area contributed by atoms with Gasteiger partial charge in [0.15, 0.2) is 5.03 Å². The molecular weight excluding hydrogens is 522 g/mol. The number of carbonyl (C=O) groups is 1.